The number of aromatic nitrogens is 3. The normalized spacial score (nSPS) is 11.5. The number of nitrogens with zero attached hydrogens (tertiary/aromatic N) is 3. The van der Waals surface area contributed by atoms with Crippen molar-refractivity contribution in [1.29, 1.82) is 0 Å². The van der Waals surface area contributed by atoms with Gasteiger partial charge in [0.15, 0.2) is 9.84 Å². The summed E-state index contributed by atoms with van der Waals surface area (Å²) in [6, 6.07) is 12.9. The van der Waals surface area contributed by atoms with E-state index in [4.69, 9.17) is 20.5 Å². The first-order valence-corrected chi connectivity index (χ1v) is 11.2. The van der Waals surface area contributed by atoms with E-state index in [1.165, 1.54) is 12.1 Å². The van der Waals surface area contributed by atoms with E-state index < -0.39 is 15.7 Å². The highest BCUT2D eigenvalue weighted by atomic mass is 35.5. The van der Waals surface area contributed by atoms with Crippen LogP contribution in [0.4, 0.5) is 6.01 Å². The molecule has 0 saturated heterocycles. The zero-order valence-electron chi connectivity index (χ0n) is 16.3. The van der Waals surface area contributed by atoms with Crippen molar-refractivity contribution in [2.45, 2.75) is 11.8 Å². The minimum atomic E-state index is -3.53. The molecule has 1 amide bonds. The molecule has 0 fully saturated rings. The molecule has 0 bridgehead atoms. The van der Waals surface area contributed by atoms with E-state index in [0.29, 0.717) is 10.6 Å². The summed E-state index contributed by atoms with van der Waals surface area (Å²) in [5, 5.41) is 14.5. The number of hydrogen-bond donors (Lipinski definition) is 1. The van der Waals surface area contributed by atoms with Gasteiger partial charge in [0.25, 0.3) is 11.8 Å². The van der Waals surface area contributed by atoms with Crippen LogP contribution in [0.15, 0.2) is 62.4 Å². The molecule has 0 atom stereocenters. The Morgan fingerprint density at radius 2 is 1.71 bits per heavy atom. The summed E-state index contributed by atoms with van der Waals surface area (Å²) in [4.78, 5) is 12.9. The van der Waals surface area contributed by atoms with Gasteiger partial charge in [-0.3, -0.25) is 10.1 Å². The van der Waals surface area contributed by atoms with Gasteiger partial charge in [-0.15, -0.1) is 5.10 Å². The minimum Gasteiger partial charge on any atom is -0.403 e. The van der Waals surface area contributed by atoms with Crippen LogP contribution in [-0.4, -0.2) is 35.9 Å². The molecule has 9 nitrogen and oxygen atoms in total. The number of rotatable bonds is 5. The van der Waals surface area contributed by atoms with E-state index in [1.807, 2.05) is 0 Å². The summed E-state index contributed by atoms with van der Waals surface area (Å²) in [7, 11) is -3.53. The zero-order valence-corrected chi connectivity index (χ0v) is 17.9. The van der Waals surface area contributed by atoms with Gasteiger partial charge in [0.1, 0.15) is 17.0 Å². The van der Waals surface area contributed by atoms with Crippen molar-refractivity contribution in [3.05, 3.63) is 64.9 Å². The van der Waals surface area contributed by atoms with Crippen molar-refractivity contribution in [2.24, 2.45) is 0 Å². The Bertz CT molecular complexity index is 1390. The molecule has 158 valence electrons. The summed E-state index contributed by atoms with van der Waals surface area (Å²) in [6.07, 6.45) is 1.08. The smallest absolute Gasteiger partial charge is 0.322 e. The second kappa shape index (κ2) is 7.97. The highest BCUT2D eigenvalue weighted by Gasteiger charge is 2.25. The standard InChI is InChI=1S/C20H15ClN4O5S/c1-11-16(17(25-30-11)12-7-3-5-9-14(12)21)18(26)22-20-24-23-19(29-20)13-8-4-6-10-15(13)31(2,27)28/h3-10H,1-2H3,(H,22,24,26). The molecular formula is C20H15ClN4O5S. The fourth-order valence-corrected chi connectivity index (χ4v) is 4.09. The molecule has 1 N–H and O–H groups in total. The number of halogens is 1. The van der Waals surface area contributed by atoms with E-state index in [2.05, 4.69) is 20.7 Å². The van der Waals surface area contributed by atoms with E-state index in [-0.39, 0.29) is 39.4 Å². The molecule has 0 aliphatic carbocycles. The minimum absolute atomic E-state index is 0.0346. The SMILES string of the molecule is Cc1onc(-c2ccccc2Cl)c1C(=O)Nc1nnc(-c2ccccc2S(C)(=O)=O)o1. The third-order valence-corrected chi connectivity index (χ3v) is 5.87. The van der Waals surface area contributed by atoms with E-state index in [9.17, 15) is 13.2 Å². The number of amides is 1. The summed E-state index contributed by atoms with van der Waals surface area (Å²) in [6.45, 7) is 1.59. The van der Waals surface area contributed by atoms with Crippen molar-refractivity contribution in [2.75, 3.05) is 11.6 Å². The van der Waals surface area contributed by atoms with Crippen LogP contribution in [0.5, 0.6) is 0 Å². The predicted octanol–water partition coefficient (Wildman–Crippen LogP) is 4.01. The Labute approximate surface area is 182 Å². The third-order valence-electron chi connectivity index (χ3n) is 4.38. The fourth-order valence-electron chi connectivity index (χ4n) is 2.99. The van der Waals surface area contributed by atoms with E-state index in [1.54, 1.807) is 43.3 Å². The number of aryl methyl sites for hydroxylation is 1. The molecule has 0 saturated carbocycles. The Balaban J connectivity index is 1.66. The first kappa shape index (κ1) is 20.8. The topological polar surface area (TPSA) is 128 Å². The highest BCUT2D eigenvalue weighted by Crippen LogP contribution is 2.32. The largest absolute Gasteiger partial charge is 0.403 e. The van der Waals surface area contributed by atoms with Crippen LogP contribution in [0.2, 0.25) is 5.02 Å². The van der Waals surface area contributed by atoms with E-state index in [0.717, 1.165) is 6.26 Å². The summed E-state index contributed by atoms with van der Waals surface area (Å²) < 4.78 is 34.7. The number of nitrogens with one attached hydrogen (secondary N) is 1. The summed E-state index contributed by atoms with van der Waals surface area (Å²) >= 11 is 6.22. The Hall–Kier alpha value is -3.50. The number of carbonyl (C=O) groups is 1. The van der Waals surface area contributed by atoms with Crippen LogP contribution in [0.3, 0.4) is 0 Å². The maximum Gasteiger partial charge on any atom is 0.322 e. The highest BCUT2D eigenvalue weighted by molar-refractivity contribution is 7.90. The number of anilines is 1. The van der Waals surface area contributed by atoms with Gasteiger partial charge in [0, 0.05) is 11.8 Å². The molecule has 0 spiro atoms. The summed E-state index contributed by atoms with van der Waals surface area (Å²) in [5.41, 5.74) is 1.18. The molecule has 0 radical (unpaired) electrons. The number of benzene rings is 2. The number of carbonyl (C=O) groups excluding carboxylic acids is 1. The van der Waals surface area contributed by atoms with Gasteiger partial charge < -0.3 is 8.94 Å². The van der Waals surface area contributed by atoms with Gasteiger partial charge in [-0.2, -0.15) is 0 Å². The maximum atomic E-state index is 12.9. The fraction of sp³-hybridized carbons (Fsp3) is 0.100. The van der Waals surface area contributed by atoms with Gasteiger partial charge in [-0.1, -0.05) is 52.2 Å². The molecule has 0 aliphatic heterocycles. The third kappa shape index (κ3) is 4.07. The van der Waals surface area contributed by atoms with Gasteiger partial charge in [-0.05, 0) is 25.1 Å². The lowest BCUT2D eigenvalue weighted by atomic mass is 10.1. The molecular weight excluding hydrogens is 444 g/mol. The predicted molar refractivity (Wildman–Crippen MR) is 112 cm³/mol. The van der Waals surface area contributed by atoms with Crippen molar-refractivity contribution in [3.63, 3.8) is 0 Å². The maximum absolute atomic E-state index is 12.9. The lowest BCUT2D eigenvalue weighted by molar-refractivity contribution is 0.102. The average Bonchev–Trinajstić information content (AvgIpc) is 3.34. The second-order valence-electron chi connectivity index (χ2n) is 6.58. The van der Waals surface area contributed by atoms with Crippen LogP contribution in [0.1, 0.15) is 16.1 Å². The molecule has 11 heteroatoms. The zero-order chi connectivity index (χ0) is 22.2. The van der Waals surface area contributed by atoms with Crippen LogP contribution in [-0.2, 0) is 9.84 Å². The first-order chi connectivity index (χ1) is 14.8. The summed E-state index contributed by atoms with van der Waals surface area (Å²) in [5.74, 6) is -0.375. The number of hydrogen-bond acceptors (Lipinski definition) is 8. The Morgan fingerprint density at radius 1 is 1.03 bits per heavy atom. The molecule has 4 aromatic rings. The van der Waals surface area contributed by atoms with Gasteiger partial charge in [-0.25, -0.2) is 8.42 Å². The Morgan fingerprint density at radius 3 is 2.42 bits per heavy atom. The molecule has 2 heterocycles. The van der Waals surface area contributed by atoms with Gasteiger partial charge in [0.2, 0.25) is 0 Å². The lowest BCUT2D eigenvalue weighted by Crippen LogP contribution is -2.13. The molecule has 4 rings (SSSR count). The lowest BCUT2D eigenvalue weighted by Gasteiger charge is -2.04. The number of sulfone groups is 1. The van der Waals surface area contributed by atoms with Crippen LogP contribution in [0.25, 0.3) is 22.7 Å². The molecule has 0 aliphatic rings. The quantitative estimate of drug-likeness (QED) is 0.475. The van der Waals surface area contributed by atoms with Crippen LogP contribution in [0, 0.1) is 6.92 Å². The van der Waals surface area contributed by atoms with Gasteiger partial charge in [0.05, 0.1) is 15.5 Å². The van der Waals surface area contributed by atoms with Crippen molar-refractivity contribution >= 4 is 33.4 Å². The molecule has 2 aromatic carbocycles. The van der Waals surface area contributed by atoms with Gasteiger partial charge >= 0.3 is 6.01 Å². The average molecular weight is 459 g/mol. The van der Waals surface area contributed by atoms with Crippen LogP contribution >= 0.6 is 11.6 Å². The monoisotopic (exact) mass is 458 g/mol. The molecule has 2 aromatic heterocycles. The van der Waals surface area contributed by atoms with Crippen LogP contribution < -0.4 is 5.32 Å². The molecule has 31 heavy (non-hydrogen) atoms. The second-order valence-corrected chi connectivity index (χ2v) is 8.97. The molecule has 0 unspecified atom stereocenters. The Kier molecular flexibility index (Phi) is 5.34. The first-order valence-electron chi connectivity index (χ1n) is 8.91. The van der Waals surface area contributed by atoms with Crippen molar-refractivity contribution in [1.82, 2.24) is 15.4 Å². The van der Waals surface area contributed by atoms with E-state index >= 15 is 0 Å². The van der Waals surface area contributed by atoms with Crippen molar-refractivity contribution in [3.8, 4) is 22.7 Å². The van der Waals surface area contributed by atoms with Crippen molar-refractivity contribution < 1.29 is 22.2 Å².